The van der Waals surface area contributed by atoms with Crippen LogP contribution in [0.1, 0.15) is 15.9 Å². The molecule has 3 aromatic carbocycles. The second kappa shape index (κ2) is 11.1. The minimum atomic E-state index is -0.364. The monoisotopic (exact) mass is 449 g/mol. The summed E-state index contributed by atoms with van der Waals surface area (Å²) >= 11 is 0. The molecule has 172 valence electrons. The number of hydrogen-bond acceptors (Lipinski definition) is 4. The van der Waals surface area contributed by atoms with Crippen LogP contribution in [0, 0.1) is 5.82 Å². The van der Waals surface area contributed by atoms with Gasteiger partial charge in [0, 0.05) is 30.9 Å². The van der Waals surface area contributed by atoms with Crippen molar-refractivity contribution in [3.8, 4) is 0 Å². The Bertz CT molecular complexity index is 1080. The van der Waals surface area contributed by atoms with E-state index in [1.165, 1.54) is 24.3 Å². The number of anilines is 3. The van der Waals surface area contributed by atoms with E-state index in [9.17, 15) is 14.0 Å². The minimum absolute atomic E-state index is 0.266. The summed E-state index contributed by atoms with van der Waals surface area (Å²) in [5, 5.41) is 5.60. The lowest BCUT2D eigenvalue weighted by atomic mass is 10.1. The van der Waals surface area contributed by atoms with Gasteiger partial charge in [-0.15, -0.1) is 0 Å². The molecule has 3 rings (SSSR count). The topological polar surface area (TPSA) is 90.7 Å². The van der Waals surface area contributed by atoms with Gasteiger partial charge in [0.25, 0.3) is 5.91 Å². The van der Waals surface area contributed by atoms with Gasteiger partial charge < -0.3 is 26.2 Å². The normalized spacial score (nSPS) is 10.7. The fraction of sp³-hybridized carbons (Fsp3) is 0.200. The van der Waals surface area contributed by atoms with Crippen molar-refractivity contribution in [2.45, 2.75) is 6.54 Å². The third kappa shape index (κ3) is 7.05. The molecular weight excluding hydrogens is 421 g/mol. The van der Waals surface area contributed by atoms with E-state index in [1.807, 2.05) is 31.1 Å². The number of nitrogens with one attached hydrogen (secondary N) is 2. The van der Waals surface area contributed by atoms with Gasteiger partial charge in [0.05, 0.1) is 11.4 Å². The molecule has 3 amide bonds. The van der Waals surface area contributed by atoms with Crippen molar-refractivity contribution in [2.24, 2.45) is 0 Å². The average molecular weight is 450 g/mol. The van der Waals surface area contributed by atoms with Crippen molar-refractivity contribution in [1.82, 2.24) is 9.80 Å². The minimum Gasteiger partial charge on any atom is -0.397 e. The third-order valence-electron chi connectivity index (χ3n) is 5.00. The number of nitrogen functional groups attached to an aromatic ring is 1. The van der Waals surface area contributed by atoms with Crippen LogP contribution in [-0.2, 0) is 6.54 Å². The van der Waals surface area contributed by atoms with E-state index >= 15 is 0 Å². The van der Waals surface area contributed by atoms with Gasteiger partial charge in [-0.2, -0.15) is 0 Å². The fourth-order valence-electron chi connectivity index (χ4n) is 3.10. The molecule has 0 radical (unpaired) electrons. The van der Waals surface area contributed by atoms with Crippen LogP contribution in [0.2, 0.25) is 0 Å². The first-order chi connectivity index (χ1) is 15.8. The summed E-state index contributed by atoms with van der Waals surface area (Å²) in [7, 11) is 3.87. The summed E-state index contributed by atoms with van der Waals surface area (Å²) in [5.74, 6) is -0.630. The molecule has 0 saturated carbocycles. The number of carbonyl (C=O) groups is 2. The average Bonchev–Trinajstić information content (AvgIpc) is 2.80. The largest absolute Gasteiger partial charge is 0.397 e. The highest BCUT2D eigenvalue weighted by Gasteiger charge is 2.15. The number of hydrogen-bond donors (Lipinski definition) is 3. The second-order valence-corrected chi connectivity index (χ2v) is 7.90. The van der Waals surface area contributed by atoms with E-state index in [2.05, 4.69) is 10.6 Å². The number of amides is 3. The number of para-hydroxylation sites is 2. The Hall–Kier alpha value is -3.91. The van der Waals surface area contributed by atoms with Crippen molar-refractivity contribution in [1.29, 1.82) is 0 Å². The van der Waals surface area contributed by atoms with Crippen LogP contribution < -0.4 is 16.4 Å². The van der Waals surface area contributed by atoms with Crippen LogP contribution in [0.15, 0.2) is 72.8 Å². The Kier molecular flexibility index (Phi) is 7.99. The summed E-state index contributed by atoms with van der Waals surface area (Å²) in [4.78, 5) is 29.0. The molecule has 0 heterocycles. The number of benzene rings is 3. The molecule has 0 unspecified atom stereocenters. The van der Waals surface area contributed by atoms with Crippen molar-refractivity contribution >= 4 is 29.0 Å². The van der Waals surface area contributed by atoms with E-state index in [1.54, 1.807) is 41.3 Å². The number of nitrogens with two attached hydrogens (primary N) is 1. The summed E-state index contributed by atoms with van der Waals surface area (Å²) < 4.78 is 13.1. The molecule has 0 atom stereocenters. The van der Waals surface area contributed by atoms with Gasteiger partial charge in [0.1, 0.15) is 5.82 Å². The highest BCUT2D eigenvalue weighted by atomic mass is 19.1. The number of likely N-dealkylation sites (N-methyl/N-ethyl adjacent to an activating group) is 1. The molecule has 0 aliphatic heterocycles. The van der Waals surface area contributed by atoms with Crippen LogP contribution in [0.3, 0.4) is 0 Å². The van der Waals surface area contributed by atoms with Gasteiger partial charge in [0.2, 0.25) is 0 Å². The molecular formula is C25H28FN5O2. The van der Waals surface area contributed by atoms with Crippen LogP contribution in [0.5, 0.6) is 0 Å². The maximum absolute atomic E-state index is 13.1. The van der Waals surface area contributed by atoms with Gasteiger partial charge in [-0.25, -0.2) is 9.18 Å². The number of rotatable bonds is 8. The highest BCUT2D eigenvalue weighted by Crippen LogP contribution is 2.18. The quantitative estimate of drug-likeness (QED) is 0.448. The van der Waals surface area contributed by atoms with Crippen molar-refractivity contribution in [3.05, 3.63) is 89.7 Å². The molecule has 0 aliphatic carbocycles. The SMILES string of the molecule is CN(C)CCN(Cc1ccc(C(=O)Nc2ccccc2N)cc1)C(=O)Nc1ccc(F)cc1. The Morgan fingerprint density at radius 1 is 0.879 bits per heavy atom. The molecule has 0 aliphatic rings. The first-order valence-corrected chi connectivity index (χ1v) is 10.5. The summed E-state index contributed by atoms with van der Waals surface area (Å²) in [6.07, 6.45) is 0. The van der Waals surface area contributed by atoms with E-state index in [0.29, 0.717) is 42.3 Å². The predicted octanol–water partition coefficient (Wildman–Crippen LogP) is 4.26. The zero-order valence-corrected chi connectivity index (χ0v) is 18.7. The number of carbonyl (C=O) groups excluding carboxylic acids is 2. The number of halogens is 1. The standard InChI is InChI=1S/C25H28FN5O2/c1-30(2)15-16-31(25(33)28-21-13-11-20(26)12-14-21)17-18-7-9-19(10-8-18)24(32)29-23-6-4-3-5-22(23)27/h3-14H,15-17,27H2,1-2H3,(H,28,33)(H,29,32). The molecule has 0 spiro atoms. The van der Waals surface area contributed by atoms with Crippen LogP contribution in [-0.4, -0.2) is 48.9 Å². The van der Waals surface area contributed by atoms with Crippen molar-refractivity contribution < 1.29 is 14.0 Å². The molecule has 0 aromatic heterocycles. The Morgan fingerprint density at radius 2 is 1.55 bits per heavy atom. The van der Waals surface area contributed by atoms with Crippen molar-refractivity contribution in [3.63, 3.8) is 0 Å². The molecule has 0 fully saturated rings. The predicted molar refractivity (Wildman–Crippen MR) is 130 cm³/mol. The van der Waals surface area contributed by atoms with E-state index < -0.39 is 0 Å². The lowest BCUT2D eigenvalue weighted by Crippen LogP contribution is -2.39. The molecule has 33 heavy (non-hydrogen) atoms. The van der Waals surface area contributed by atoms with Gasteiger partial charge in [-0.1, -0.05) is 24.3 Å². The van der Waals surface area contributed by atoms with Gasteiger partial charge in [-0.3, -0.25) is 4.79 Å². The molecule has 7 nitrogen and oxygen atoms in total. The van der Waals surface area contributed by atoms with Crippen LogP contribution >= 0.6 is 0 Å². The second-order valence-electron chi connectivity index (χ2n) is 7.90. The molecule has 0 saturated heterocycles. The summed E-state index contributed by atoms with van der Waals surface area (Å²) in [5.41, 5.74) is 8.81. The van der Waals surface area contributed by atoms with Crippen LogP contribution in [0.25, 0.3) is 0 Å². The molecule has 3 aromatic rings. The van der Waals surface area contributed by atoms with Crippen LogP contribution in [0.4, 0.5) is 26.2 Å². The van der Waals surface area contributed by atoms with Gasteiger partial charge in [-0.05, 0) is 68.2 Å². The molecule has 4 N–H and O–H groups in total. The lowest BCUT2D eigenvalue weighted by Gasteiger charge is -2.25. The maximum atomic E-state index is 13.1. The van der Waals surface area contributed by atoms with Gasteiger partial charge in [0.15, 0.2) is 0 Å². The molecule has 8 heteroatoms. The highest BCUT2D eigenvalue weighted by molar-refractivity contribution is 6.05. The van der Waals surface area contributed by atoms with E-state index in [4.69, 9.17) is 5.73 Å². The lowest BCUT2D eigenvalue weighted by molar-refractivity contribution is 0.102. The molecule has 0 bridgehead atoms. The Morgan fingerprint density at radius 3 is 2.18 bits per heavy atom. The van der Waals surface area contributed by atoms with E-state index in [-0.39, 0.29) is 17.8 Å². The smallest absolute Gasteiger partial charge is 0.322 e. The maximum Gasteiger partial charge on any atom is 0.322 e. The third-order valence-corrected chi connectivity index (χ3v) is 5.00. The zero-order chi connectivity index (χ0) is 23.8. The first-order valence-electron chi connectivity index (χ1n) is 10.5. The Labute approximate surface area is 193 Å². The number of nitrogens with zero attached hydrogens (tertiary/aromatic N) is 2. The summed E-state index contributed by atoms with van der Waals surface area (Å²) in [6.45, 7) is 1.53. The van der Waals surface area contributed by atoms with Gasteiger partial charge >= 0.3 is 6.03 Å². The zero-order valence-electron chi connectivity index (χ0n) is 18.7. The fourth-order valence-corrected chi connectivity index (χ4v) is 3.10. The Balaban J connectivity index is 1.67. The number of urea groups is 1. The van der Waals surface area contributed by atoms with Crippen molar-refractivity contribution in [2.75, 3.05) is 43.6 Å². The van der Waals surface area contributed by atoms with E-state index in [0.717, 1.165) is 5.56 Å². The first kappa shape index (κ1) is 23.7. The summed E-state index contributed by atoms with van der Waals surface area (Å²) in [6, 6.07) is 19.5.